The highest BCUT2D eigenvalue weighted by Crippen LogP contribution is 2.20. The van der Waals surface area contributed by atoms with Crippen molar-refractivity contribution in [2.24, 2.45) is 0 Å². The number of carbonyl (C=O) groups excluding carboxylic acids is 2. The van der Waals surface area contributed by atoms with Crippen molar-refractivity contribution in [2.45, 2.75) is 26.3 Å². The highest BCUT2D eigenvalue weighted by Gasteiger charge is 2.18. The van der Waals surface area contributed by atoms with Gasteiger partial charge in [-0.15, -0.1) is 0 Å². The lowest BCUT2D eigenvalue weighted by Crippen LogP contribution is -2.14. The van der Waals surface area contributed by atoms with E-state index in [-0.39, 0.29) is 11.8 Å². The summed E-state index contributed by atoms with van der Waals surface area (Å²) in [5.74, 6) is 0.647. The molecule has 0 saturated carbocycles. The SMILES string of the molecule is Cc1cccc(OCCCC(=O)Nc2ccc3c(c2)C(=O)NC3)c1. The summed E-state index contributed by atoms with van der Waals surface area (Å²) in [6.07, 6.45) is 1.00. The van der Waals surface area contributed by atoms with E-state index in [1.54, 1.807) is 6.07 Å². The third kappa shape index (κ3) is 3.93. The van der Waals surface area contributed by atoms with Gasteiger partial charge >= 0.3 is 0 Å². The predicted octanol–water partition coefficient (Wildman–Crippen LogP) is 3.04. The molecule has 124 valence electrons. The van der Waals surface area contributed by atoms with Crippen molar-refractivity contribution < 1.29 is 14.3 Å². The molecule has 5 nitrogen and oxygen atoms in total. The fourth-order valence-electron chi connectivity index (χ4n) is 2.64. The van der Waals surface area contributed by atoms with Gasteiger partial charge in [-0.3, -0.25) is 9.59 Å². The Hall–Kier alpha value is -2.82. The number of hydrogen-bond donors (Lipinski definition) is 2. The van der Waals surface area contributed by atoms with Crippen LogP contribution in [0.4, 0.5) is 5.69 Å². The van der Waals surface area contributed by atoms with E-state index in [0.29, 0.717) is 37.2 Å². The van der Waals surface area contributed by atoms with E-state index in [1.807, 2.05) is 43.3 Å². The molecule has 1 aliphatic rings. The molecule has 1 heterocycles. The summed E-state index contributed by atoms with van der Waals surface area (Å²) >= 11 is 0. The molecule has 0 bridgehead atoms. The van der Waals surface area contributed by atoms with E-state index in [4.69, 9.17) is 4.74 Å². The first kappa shape index (κ1) is 16.1. The molecule has 1 aliphatic heterocycles. The molecule has 0 fully saturated rings. The fraction of sp³-hybridized carbons (Fsp3) is 0.263. The van der Waals surface area contributed by atoms with Crippen molar-refractivity contribution in [3.05, 3.63) is 59.2 Å². The van der Waals surface area contributed by atoms with E-state index in [0.717, 1.165) is 16.9 Å². The van der Waals surface area contributed by atoms with Gasteiger partial charge in [-0.2, -0.15) is 0 Å². The fourth-order valence-corrected chi connectivity index (χ4v) is 2.64. The highest BCUT2D eigenvalue weighted by molar-refractivity contribution is 6.00. The zero-order valence-corrected chi connectivity index (χ0v) is 13.6. The van der Waals surface area contributed by atoms with Crippen LogP contribution in [0.25, 0.3) is 0 Å². The number of ether oxygens (including phenoxy) is 1. The quantitative estimate of drug-likeness (QED) is 0.803. The van der Waals surface area contributed by atoms with Crippen molar-refractivity contribution >= 4 is 17.5 Å². The molecule has 2 aromatic rings. The molecular formula is C19H20N2O3. The van der Waals surface area contributed by atoms with E-state index < -0.39 is 0 Å². The number of hydrogen-bond acceptors (Lipinski definition) is 3. The Morgan fingerprint density at radius 2 is 2.12 bits per heavy atom. The summed E-state index contributed by atoms with van der Waals surface area (Å²) in [5, 5.41) is 5.58. The van der Waals surface area contributed by atoms with Gasteiger partial charge < -0.3 is 15.4 Å². The summed E-state index contributed by atoms with van der Waals surface area (Å²) < 4.78 is 5.63. The first-order valence-corrected chi connectivity index (χ1v) is 8.02. The van der Waals surface area contributed by atoms with Gasteiger partial charge in [0.25, 0.3) is 5.91 Å². The summed E-state index contributed by atoms with van der Waals surface area (Å²) in [6, 6.07) is 13.2. The van der Waals surface area contributed by atoms with Gasteiger partial charge in [0.15, 0.2) is 0 Å². The largest absolute Gasteiger partial charge is 0.494 e. The number of amides is 2. The lowest BCUT2D eigenvalue weighted by Gasteiger charge is -2.08. The molecule has 2 N–H and O–H groups in total. The molecule has 2 aromatic carbocycles. The Morgan fingerprint density at radius 1 is 1.25 bits per heavy atom. The normalized spacial score (nSPS) is 12.5. The second-order valence-corrected chi connectivity index (χ2v) is 5.87. The number of fused-ring (bicyclic) bond motifs is 1. The van der Waals surface area contributed by atoms with Crippen LogP contribution < -0.4 is 15.4 Å². The van der Waals surface area contributed by atoms with Gasteiger partial charge in [-0.25, -0.2) is 0 Å². The second kappa shape index (κ2) is 7.17. The summed E-state index contributed by atoms with van der Waals surface area (Å²) in [7, 11) is 0. The van der Waals surface area contributed by atoms with Crippen molar-refractivity contribution in [1.82, 2.24) is 5.32 Å². The molecule has 5 heteroatoms. The van der Waals surface area contributed by atoms with Crippen LogP contribution >= 0.6 is 0 Å². The Kier molecular flexibility index (Phi) is 4.79. The topological polar surface area (TPSA) is 67.4 Å². The first-order valence-electron chi connectivity index (χ1n) is 8.02. The number of nitrogens with one attached hydrogen (secondary N) is 2. The number of rotatable bonds is 6. The van der Waals surface area contributed by atoms with Crippen molar-refractivity contribution in [3.8, 4) is 5.75 Å². The zero-order valence-electron chi connectivity index (χ0n) is 13.6. The summed E-state index contributed by atoms with van der Waals surface area (Å²) in [4.78, 5) is 23.6. The first-order chi connectivity index (χ1) is 11.6. The van der Waals surface area contributed by atoms with Gasteiger partial charge in [-0.1, -0.05) is 18.2 Å². The molecule has 0 radical (unpaired) electrons. The Morgan fingerprint density at radius 3 is 2.96 bits per heavy atom. The molecule has 0 aliphatic carbocycles. The lowest BCUT2D eigenvalue weighted by atomic mass is 10.1. The van der Waals surface area contributed by atoms with Crippen molar-refractivity contribution in [1.29, 1.82) is 0 Å². The Bertz CT molecular complexity index is 771. The maximum absolute atomic E-state index is 12.0. The van der Waals surface area contributed by atoms with Crippen molar-refractivity contribution in [3.63, 3.8) is 0 Å². The maximum Gasteiger partial charge on any atom is 0.251 e. The van der Waals surface area contributed by atoms with Crippen LogP contribution in [0.3, 0.4) is 0 Å². The van der Waals surface area contributed by atoms with E-state index in [9.17, 15) is 9.59 Å². The van der Waals surface area contributed by atoms with Gasteiger partial charge in [0, 0.05) is 24.2 Å². The minimum atomic E-state index is -0.0901. The van der Waals surface area contributed by atoms with Crippen LogP contribution in [0.5, 0.6) is 5.75 Å². The van der Waals surface area contributed by atoms with Gasteiger partial charge in [-0.05, 0) is 48.7 Å². The molecule has 3 rings (SSSR count). The van der Waals surface area contributed by atoms with Gasteiger partial charge in [0.05, 0.1) is 6.61 Å². The van der Waals surface area contributed by atoms with E-state index >= 15 is 0 Å². The van der Waals surface area contributed by atoms with Crippen LogP contribution in [0.1, 0.15) is 34.3 Å². The smallest absolute Gasteiger partial charge is 0.251 e. The van der Waals surface area contributed by atoms with Crippen LogP contribution in [0.15, 0.2) is 42.5 Å². The molecule has 0 spiro atoms. The molecular weight excluding hydrogens is 304 g/mol. The summed E-state index contributed by atoms with van der Waals surface area (Å²) in [5.41, 5.74) is 3.39. The van der Waals surface area contributed by atoms with Crippen LogP contribution in [-0.4, -0.2) is 18.4 Å². The molecule has 0 atom stereocenters. The maximum atomic E-state index is 12.0. The van der Waals surface area contributed by atoms with Crippen molar-refractivity contribution in [2.75, 3.05) is 11.9 Å². The van der Waals surface area contributed by atoms with Crippen LogP contribution in [0.2, 0.25) is 0 Å². The number of aryl methyl sites for hydroxylation is 1. The molecule has 0 unspecified atom stereocenters. The second-order valence-electron chi connectivity index (χ2n) is 5.87. The standard InChI is InChI=1S/C19H20N2O3/c1-13-4-2-5-16(10-13)24-9-3-6-18(22)21-15-8-7-14-12-20-19(23)17(14)11-15/h2,4-5,7-8,10-11H,3,6,9,12H2,1H3,(H,20,23)(H,21,22). The minimum Gasteiger partial charge on any atom is -0.494 e. The molecule has 0 aromatic heterocycles. The van der Waals surface area contributed by atoms with Crippen LogP contribution in [0, 0.1) is 6.92 Å². The summed E-state index contributed by atoms with van der Waals surface area (Å²) in [6.45, 7) is 3.05. The van der Waals surface area contributed by atoms with Gasteiger partial charge in [0.2, 0.25) is 5.91 Å². The zero-order chi connectivity index (χ0) is 16.9. The van der Waals surface area contributed by atoms with Crippen LogP contribution in [-0.2, 0) is 11.3 Å². The average Bonchev–Trinajstić information content (AvgIpc) is 2.93. The van der Waals surface area contributed by atoms with Gasteiger partial charge in [0.1, 0.15) is 5.75 Å². The Labute approximate surface area is 141 Å². The highest BCUT2D eigenvalue weighted by atomic mass is 16.5. The third-order valence-corrected chi connectivity index (χ3v) is 3.88. The third-order valence-electron chi connectivity index (χ3n) is 3.88. The molecule has 24 heavy (non-hydrogen) atoms. The number of anilines is 1. The van der Waals surface area contributed by atoms with E-state index in [1.165, 1.54) is 0 Å². The predicted molar refractivity (Wildman–Crippen MR) is 92.1 cm³/mol. The average molecular weight is 324 g/mol. The molecule has 0 saturated heterocycles. The monoisotopic (exact) mass is 324 g/mol. The number of benzene rings is 2. The minimum absolute atomic E-state index is 0.0822. The lowest BCUT2D eigenvalue weighted by molar-refractivity contribution is -0.116. The van der Waals surface area contributed by atoms with E-state index in [2.05, 4.69) is 10.6 Å². The molecule has 2 amide bonds. The Balaban J connectivity index is 1.45. The number of carbonyl (C=O) groups is 2.